The summed E-state index contributed by atoms with van der Waals surface area (Å²) >= 11 is 0. The molecule has 2 aliphatic rings. The summed E-state index contributed by atoms with van der Waals surface area (Å²) in [5.74, 6) is -0.955. The SMILES string of the molecule is CN(CCOCC1CC1)C(=O)[C@@H]1C[C@H]1C(=O)O. The maximum absolute atomic E-state index is 11.8. The van der Waals surface area contributed by atoms with Crippen LogP contribution in [0.3, 0.4) is 0 Å². The molecule has 0 bridgehead atoms. The molecule has 17 heavy (non-hydrogen) atoms. The predicted molar refractivity (Wildman–Crippen MR) is 60.4 cm³/mol. The number of carboxylic acids is 1. The zero-order chi connectivity index (χ0) is 12.4. The summed E-state index contributed by atoms with van der Waals surface area (Å²) in [7, 11) is 1.71. The highest BCUT2D eigenvalue weighted by Crippen LogP contribution is 2.39. The molecule has 0 aromatic heterocycles. The number of likely N-dealkylation sites (N-methyl/N-ethyl adjacent to an activating group) is 1. The number of hydrogen-bond acceptors (Lipinski definition) is 3. The molecule has 96 valence electrons. The minimum atomic E-state index is -0.860. The molecular formula is C12H19NO4. The third-order valence-corrected chi connectivity index (χ3v) is 3.42. The summed E-state index contributed by atoms with van der Waals surface area (Å²) < 4.78 is 5.44. The lowest BCUT2D eigenvalue weighted by atomic mass is 10.3. The number of carbonyl (C=O) groups is 2. The minimum absolute atomic E-state index is 0.0626. The number of aliphatic carboxylic acids is 1. The Morgan fingerprint density at radius 2 is 2.06 bits per heavy atom. The molecule has 0 radical (unpaired) electrons. The highest BCUT2D eigenvalue weighted by Gasteiger charge is 2.49. The molecule has 1 amide bonds. The molecule has 0 unspecified atom stereocenters. The van der Waals surface area contributed by atoms with Crippen LogP contribution < -0.4 is 0 Å². The molecule has 0 aliphatic heterocycles. The Kier molecular flexibility index (Phi) is 3.66. The zero-order valence-electron chi connectivity index (χ0n) is 10.1. The summed E-state index contributed by atoms with van der Waals surface area (Å²) in [5.41, 5.74) is 0. The second-order valence-corrected chi connectivity index (χ2v) is 5.07. The van der Waals surface area contributed by atoms with Crippen LogP contribution in [0.25, 0.3) is 0 Å². The first-order chi connectivity index (χ1) is 8.09. The van der Waals surface area contributed by atoms with E-state index in [0.29, 0.717) is 19.6 Å². The summed E-state index contributed by atoms with van der Waals surface area (Å²) in [6, 6.07) is 0. The Bertz CT molecular complexity index is 314. The van der Waals surface area contributed by atoms with E-state index in [1.165, 1.54) is 12.8 Å². The van der Waals surface area contributed by atoms with Gasteiger partial charge in [-0.3, -0.25) is 9.59 Å². The molecule has 2 aliphatic carbocycles. The molecule has 2 rings (SSSR count). The summed E-state index contributed by atoms with van der Waals surface area (Å²) in [5, 5.41) is 8.74. The van der Waals surface area contributed by atoms with Crippen molar-refractivity contribution in [2.45, 2.75) is 19.3 Å². The monoisotopic (exact) mass is 241 g/mol. The number of rotatable bonds is 7. The van der Waals surface area contributed by atoms with Gasteiger partial charge in [0.2, 0.25) is 5.91 Å². The zero-order valence-corrected chi connectivity index (χ0v) is 10.1. The van der Waals surface area contributed by atoms with Gasteiger partial charge in [-0.1, -0.05) is 0 Å². The lowest BCUT2D eigenvalue weighted by molar-refractivity contribution is -0.141. The van der Waals surface area contributed by atoms with Crippen LogP contribution in [0.1, 0.15) is 19.3 Å². The van der Waals surface area contributed by atoms with Crippen LogP contribution in [0.2, 0.25) is 0 Å². The van der Waals surface area contributed by atoms with E-state index in [1.807, 2.05) is 0 Å². The fourth-order valence-corrected chi connectivity index (χ4v) is 1.87. The normalized spacial score (nSPS) is 26.6. The van der Waals surface area contributed by atoms with E-state index in [2.05, 4.69) is 0 Å². The Morgan fingerprint density at radius 3 is 2.59 bits per heavy atom. The number of amides is 1. The molecule has 2 fully saturated rings. The van der Waals surface area contributed by atoms with Gasteiger partial charge in [0.15, 0.2) is 0 Å². The van der Waals surface area contributed by atoms with E-state index < -0.39 is 11.9 Å². The topological polar surface area (TPSA) is 66.8 Å². The van der Waals surface area contributed by atoms with Crippen molar-refractivity contribution in [1.82, 2.24) is 4.90 Å². The molecule has 0 heterocycles. The summed E-state index contributed by atoms with van der Waals surface area (Å²) in [6.45, 7) is 1.89. The first kappa shape index (κ1) is 12.4. The summed E-state index contributed by atoms with van der Waals surface area (Å²) in [6.07, 6.45) is 3.01. The highest BCUT2D eigenvalue weighted by molar-refractivity contribution is 5.89. The molecule has 1 N–H and O–H groups in total. The molecule has 0 aromatic carbocycles. The van der Waals surface area contributed by atoms with Crippen LogP contribution in [0.15, 0.2) is 0 Å². The number of carbonyl (C=O) groups excluding carboxylic acids is 1. The van der Waals surface area contributed by atoms with E-state index in [-0.39, 0.29) is 11.8 Å². The Balaban J connectivity index is 1.60. The Hall–Kier alpha value is -1.10. The van der Waals surface area contributed by atoms with Crippen LogP contribution in [-0.2, 0) is 14.3 Å². The fourth-order valence-electron chi connectivity index (χ4n) is 1.87. The van der Waals surface area contributed by atoms with Gasteiger partial charge >= 0.3 is 5.97 Å². The first-order valence-corrected chi connectivity index (χ1v) is 6.15. The fraction of sp³-hybridized carbons (Fsp3) is 0.833. The van der Waals surface area contributed by atoms with E-state index in [1.54, 1.807) is 11.9 Å². The average Bonchev–Trinajstić information content (AvgIpc) is 3.15. The number of hydrogen-bond donors (Lipinski definition) is 1. The van der Waals surface area contributed by atoms with E-state index in [4.69, 9.17) is 9.84 Å². The number of ether oxygens (including phenoxy) is 1. The molecule has 5 heteroatoms. The third-order valence-electron chi connectivity index (χ3n) is 3.42. The van der Waals surface area contributed by atoms with Crippen molar-refractivity contribution in [3.63, 3.8) is 0 Å². The van der Waals surface area contributed by atoms with Gasteiger partial charge in [-0.15, -0.1) is 0 Å². The smallest absolute Gasteiger partial charge is 0.307 e. The van der Waals surface area contributed by atoms with E-state index in [9.17, 15) is 9.59 Å². The average molecular weight is 241 g/mol. The highest BCUT2D eigenvalue weighted by atomic mass is 16.5. The van der Waals surface area contributed by atoms with E-state index >= 15 is 0 Å². The maximum atomic E-state index is 11.8. The van der Waals surface area contributed by atoms with Gasteiger partial charge in [-0.25, -0.2) is 0 Å². The molecule has 0 aromatic rings. The predicted octanol–water partition coefficient (Wildman–Crippen LogP) is 0.592. The lowest BCUT2D eigenvalue weighted by Crippen LogP contribution is -2.32. The van der Waals surface area contributed by atoms with Gasteiger partial charge in [0.1, 0.15) is 0 Å². The van der Waals surface area contributed by atoms with Gasteiger partial charge in [0.05, 0.1) is 18.4 Å². The lowest BCUT2D eigenvalue weighted by Gasteiger charge is -2.16. The van der Waals surface area contributed by atoms with Crippen molar-refractivity contribution < 1.29 is 19.4 Å². The summed E-state index contributed by atoms with van der Waals surface area (Å²) in [4.78, 5) is 24.0. The maximum Gasteiger partial charge on any atom is 0.307 e. The second-order valence-electron chi connectivity index (χ2n) is 5.07. The van der Waals surface area contributed by atoms with Crippen LogP contribution in [0, 0.1) is 17.8 Å². The van der Waals surface area contributed by atoms with E-state index in [0.717, 1.165) is 12.5 Å². The Morgan fingerprint density at radius 1 is 1.35 bits per heavy atom. The van der Waals surface area contributed by atoms with Gasteiger partial charge in [0.25, 0.3) is 0 Å². The van der Waals surface area contributed by atoms with Gasteiger partial charge in [-0.2, -0.15) is 0 Å². The number of carboxylic acid groups (broad SMARTS) is 1. The first-order valence-electron chi connectivity index (χ1n) is 6.15. The molecule has 2 saturated carbocycles. The van der Waals surface area contributed by atoms with Gasteiger partial charge < -0.3 is 14.7 Å². The molecule has 0 saturated heterocycles. The van der Waals surface area contributed by atoms with Crippen molar-refractivity contribution in [3.8, 4) is 0 Å². The van der Waals surface area contributed by atoms with Crippen LogP contribution in [-0.4, -0.2) is 48.7 Å². The van der Waals surface area contributed by atoms with Crippen molar-refractivity contribution in [2.24, 2.45) is 17.8 Å². The second kappa shape index (κ2) is 5.04. The third kappa shape index (κ3) is 3.43. The molecule has 2 atom stereocenters. The van der Waals surface area contributed by atoms with Crippen LogP contribution in [0.4, 0.5) is 0 Å². The molecule has 0 spiro atoms. The molecule has 5 nitrogen and oxygen atoms in total. The van der Waals surface area contributed by atoms with Crippen molar-refractivity contribution in [2.75, 3.05) is 26.8 Å². The largest absolute Gasteiger partial charge is 0.481 e. The van der Waals surface area contributed by atoms with Crippen molar-refractivity contribution >= 4 is 11.9 Å². The quantitative estimate of drug-likeness (QED) is 0.662. The standard InChI is InChI=1S/C12H19NO4/c1-13(4-5-17-7-8-2-3-8)11(14)9-6-10(9)12(15)16/h8-10H,2-7H2,1H3,(H,15,16)/t9-,10-/m1/s1. The van der Waals surface area contributed by atoms with Crippen LogP contribution >= 0.6 is 0 Å². The van der Waals surface area contributed by atoms with Crippen molar-refractivity contribution in [3.05, 3.63) is 0 Å². The minimum Gasteiger partial charge on any atom is -0.481 e. The van der Waals surface area contributed by atoms with Gasteiger partial charge in [0, 0.05) is 20.2 Å². The Labute approximate surface area is 101 Å². The molecular weight excluding hydrogens is 222 g/mol. The van der Waals surface area contributed by atoms with Crippen molar-refractivity contribution in [1.29, 1.82) is 0 Å². The van der Waals surface area contributed by atoms with Crippen LogP contribution in [0.5, 0.6) is 0 Å². The van der Waals surface area contributed by atoms with Gasteiger partial charge in [-0.05, 0) is 25.2 Å². The number of nitrogens with zero attached hydrogens (tertiary/aromatic N) is 1.